The maximum atomic E-state index is 8.87. The number of hydrogen-bond acceptors (Lipinski definition) is 2. The Morgan fingerprint density at radius 2 is 0.885 bits per heavy atom. The second-order valence-corrected chi connectivity index (χ2v) is 54.1. The normalized spacial score (nSPS) is 16.8. The Hall–Kier alpha value is -3.40. The third-order valence-electron chi connectivity index (χ3n) is 11.6. The van der Waals surface area contributed by atoms with Crippen molar-refractivity contribution >= 4 is 45.8 Å². The number of benzene rings is 4. The molecule has 0 aliphatic heterocycles. The second-order valence-electron chi connectivity index (χ2n) is 15.3. The van der Waals surface area contributed by atoms with Gasteiger partial charge in [0.2, 0.25) is 0 Å². The number of allylic oxidation sites excluding steroid dienone is 2. The van der Waals surface area contributed by atoms with Crippen LogP contribution in [0.25, 0.3) is 45.6 Å². The molecule has 2 unspecified atom stereocenters. The topological polar surface area (TPSA) is 26.3 Å². The molecule has 2 aliphatic rings. The van der Waals surface area contributed by atoms with Gasteiger partial charge in [0.05, 0.1) is 0 Å². The Labute approximate surface area is 316 Å². The minimum absolute atomic E-state index is 0.210. The summed E-state index contributed by atoms with van der Waals surface area (Å²) < 4.78 is 12.6. The van der Waals surface area contributed by atoms with Gasteiger partial charge in [0.1, 0.15) is 0 Å². The van der Waals surface area contributed by atoms with E-state index in [1.54, 1.807) is 0 Å². The number of rotatable bonds is 6. The molecule has 262 valence electrons. The molecule has 6 heteroatoms. The van der Waals surface area contributed by atoms with Crippen molar-refractivity contribution in [3.8, 4) is 22.3 Å². The summed E-state index contributed by atoms with van der Waals surface area (Å²) in [4.78, 5) is 0. The molecular formula is C46H44Cl2O2SiZr. The third-order valence-corrected chi connectivity index (χ3v) is 57.8. The molecule has 0 N–H and O–H groups in total. The molecule has 2 nitrogen and oxygen atoms in total. The Morgan fingerprint density at radius 3 is 1.21 bits per heavy atom. The summed E-state index contributed by atoms with van der Waals surface area (Å²) >= 11 is -5.32. The van der Waals surface area contributed by atoms with Gasteiger partial charge < -0.3 is 0 Å². The van der Waals surface area contributed by atoms with Crippen molar-refractivity contribution in [3.63, 3.8) is 0 Å². The molecular weight excluding hydrogens is 775 g/mol. The minimum atomic E-state index is -5.32. The zero-order valence-electron chi connectivity index (χ0n) is 31.1. The standard InChI is InChI=1S/2C22H19O.C2H6Si.2ClH.Zr/c2*1-14-4-8-17(9-5-14)22-15(2)6-10-18-12-19(13-20(18)22)21-11-7-16(3)23-21;1-3-2;;;/h2*4-13H,1-3H3;1-2H3;2*1H;/q;;;;;+2/p-2. The van der Waals surface area contributed by atoms with Gasteiger partial charge >= 0.3 is 318 Å². The van der Waals surface area contributed by atoms with Crippen molar-refractivity contribution in [3.05, 3.63) is 165 Å². The molecule has 0 saturated heterocycles. The number of aryl methyl sites for hydroxylation is 6. The van der Waals surface area contributed by atoms with Crippen molar-refractivity contribution in [2.45, 2.75) is 61.9 Å². The molecule has 0 fully saturated rings. The zero-order valence-corrected chi connectivity index (χ0v) is 36.1. The van der Waals surface area contributed by atoms with Crippen LogP contribution in [0.5, 0.6) is 0 Å². The third kappa shape index (κ3) is 5.51. The summed E-state index contributed by atoms with van der Waals surface area (Å²) in [6, 6.07) is 35.2. The molecule has 6 aromatic rings. The molecule has 0 saturated carbocycles. The quantitative estimate of drug-likeness (QED) is 0.157. The molecule has 52 heavy (non-hydrogen) atoms. The summed E-state index contributed by atoms with van der Waals surface area (Å²) in [5, 5.41) is 0. The summed E-state index contributed by atoms with van der Waals surface area (Å²) in [5.74, 6) is 3.43. The Morgan fingerprint density at radius 1 is 0.500 bits per heavy atom. The van der Waals surface area contributed by atoms with Gasteiger partial charge in [-0.1, -0.05) is 0 Å². The fourth-order valence-electron chi connectivity index (χ4n) is 8.81. The van der Waals surface area contributed by atoms with Gasteiger partial charge in [-0.05, 0) is 0 Å². The first kappa shape index (κ1) is 35.6. The zero-order chi connectivity index (χ0) is 36.7. The van der Waals surface area contributed by atoms with E-state index in [9.17, 15) is 0 Å². The monoisotopic (exact) mass is 816 g/mol. The summed E-state index contributed by atoms with van der Waals surface area (Å²) in [7, 11) is 17.7. The van der Waals surface area contributed by atoms with E-state index in [2.05, 4.69) is 150 Å². The van der Waals surface area contributed by atoms with E-state index in [0.717, 1.165) is 34.2 Å². The molecule has 0 amide bonds. The molecule has 0 bridgehead atoms. The molecule has 0 spiro atoms. The van der Waals surface area contributed by atoms with Crippen LogP contribution in [0.15, 0.2) is 106 Å². The first-order valence-electron chi connectivity index (χ1n) is 18.1. The van der Waals surface area contributed by atoms with Crippen LogP contribution in [0.2, 0.25) is 13.1 Å². The first-order valence-corrected chi connectivity index (χ1v) is 33.5. The number of furan rings is 2. The summed E-state index contributed by atoms with van der Waals surface area (Å²) in [6.45, 7) is 17.4. The van der Waals surface area contributed by atoms with E-state index in [1.165, 1.54) is 66.8 Å². The molecule has 2 atom stereocenters. The van der Waals surface area contributed by atoms with Gasteiger partial charge in [-0.2, -0.15) is 0 Å². The van der Waals surface area contributed by atoms with Gasteiger partial charge in [-0.15, -0.1) is 0 Å². The Balaban J connectivity index is 1.46. The molecule has 8 rings (SSSR count). The molecule has 4 aromatic carbocycles. The van der Waals surface area contributed by atoms with Gasteiger partial charge in [0.25, 0.3) is 0 Å². The van der Waals surface area contributed by atoms with Gasteiger partial charge in [-0.25, -0.2) is 0 Å². The van der Waals surface area contributed by atoms with Crippen molar-refractivity contribution in [1.29, 1.82) is 0 Å². The molecule has 0 radical (unpaired) electrons. The summed E-state index contributed by atoms with van der Waals surface area (Å²) in [5.41, 5.74) is 15.4. The SMILES string of the molecule is Cc1ccc(-c2c(C)ccc3c2C=C(c2ccc(C)o2)[CH]3[Zr]([Cl])([Cl])([CH]2C(c3ccc(C)o3)=Cc3c2ccc(C)c3-c2ccc(C)cc2)=[Si](C)C)cc1. The number of fused-ring (bicyclic) bond motifs is 2. The van der Waals surface area contributed by atoms with Crippen LogP contribution in [0.4, 0.5) is 0 Å². The predicted octanol–water partition coefficient (Wildman–Crippen LogP) is 14.2. The molecule has 2 aliphatic carbocycles. The van der Waals surface area contributed by atoms with Crippen LogP contribution in [0, 0.1) is 41.5 Å². The fourth-order valence-corrected chi connectivity index (χ4v) is 36.5. The maximum absolute atomic E-state index is 8.87. The first-order chi connectivity index (χ1) is 24.8. The van der Waals surface area contributed by atoms with Crippen LogP contribution in [-0.4, -0.2) is 5.43 Å². The van der Waals surface area contributed by atoms with E-state index in [-0.39, 0.29) is 7.25 Å². The van der Waals surface area contributed by atoms with Gasteiger partial charge in [0, 0.05) is 0 Å². The van der Waals surface area contributed by atoms with Crippen LogP contribution in [0.3, 0.4) is 0 Å². The predicted molar refractivity (Wildman–Crippen MR) is 220 cm³/mol. The van der Waals surface area contributed by atoms with Crippen molar-refractivity contribution in [1.82, 2.24) is 0 Å². The van der Waals surface area contributed by atoms with Crippen molar-refractivity contribution < 1.29 is 23.8 Å². The van der Waals surface area contributed by atoms with Crippen LogP contribution in [-0.2, 0) is 15.0 Å². The van der Waals surface area contributed by atoms with Crippen molar-refractivity contribution in [2.75, 3.05) is 0 Å². The van der Waals surface area contributed by atoms with E-state index in [4.69, 9.17) is 25.9 Å². The van der Waals surface area contributed by atoms with Crippen molar-refractivity contribution in [2.24, 2.45) is 0 Å². The van der Waals surface area contributed by atoms with Crippen LogP contribution >= 0.6 is 17.0 Å². The molecule has 2 aromatic heterocycles. The Bertz CT molecular complexity index is 2380. The Kier molecular flexibility index (Phi) is 8.82. The number of hydrogen-bond donors (Lipinski definition) is 0. The van der Waals surface area contributed by atoms with Crippen LogP contribution in [0.1, 0.15) is 74.8 Å². The van der Waals surface area contributed by atoms with Gasteiger partial charge in [0.15, 0.2) is 0 Å². The average molecular weight is 819 g/mol. The van der Waals surface area contributed by atoms with E-state index in [0.29, 0.717) is 0 Å². The average Bonchev–Trinajstić information content (AvgIpc) is 3.91. The second kappa shape index (κ2) is 12.9. The van der Waals surface area contributed by atoms with Crippen LogP contribution < -0.4 is 0 Å². The molecule has 2 heterocycles. The van der Waals surface area contributed by atoms with E-state index in [1.807, 2.05) is 13.8 Å². The fraction of sp³-hybridized carbons (Fsp3) is 0.217. The van der Waals surface area contributed by atoms with E-state index < -0.39 is 20.4 Å². The number of halogens is 2. The van der Waals surface area contributed by atoms with E-state index >= 15 is 0 Å². The van der Waals surface area contributed by atoms with Gasteiger partial charge in [-0.3, -0.25) is 0 Å². The summed E-state index contributed by atoms with van der Waals surface area (Å²) in [6.07, 6.45) is 4.71.